The molecule has 1 aliphatic heterocycles. The van der Waals surface area contributed by atoms with Gasteiger partial charge in [0.05, 0.1) is 12.3 Å². The van der Waals surface area contributed by atoms with Crippen molar-refractivity contribution >= 4 is 44.6 Å². The molecule has 1 aliphatic rings. The minimum atomic E-state index is -0.505. The van der Waals surface area contributed by atoms with Crippen LogP contribution in [0.5, 0.6) is 0 Å². The highest BCUT2D eigenvalue weighted by Gasteiger charge is 2.25. The lowest BCUT2D eigenvalue weighted by Crippen LogP contribution is -2.37. The van der Waals surface area contributed by atoms with Crippen LogP contribution in [0.3, 0.4) is 0 Å². The molecule has 1 amide bonds. The van der Waals surface area contributed by atoms with Crippen LogP contribution in [0.1, 0.15) is 29.6 Å². The molecule has 0 bridgehead atoms. The fourth-order valence-corrected chi connectivity index (χ4v) is 4.12. The van der Waals surface area contributed by atoms with Crippen molar-refractivity contribution in [3.05, 3.63) is 58.9 Å². The molecule has 4 rings (SSSR count). The van der Waals surface area contributed by atoms with Gasteiger partial charge in [-0.25, -0.2) is 9.78 Å². The van der Waals surface area contributed by atoms with Crippen LogP contribution >= 0.6 is 15.9 Å². The molecule has 2 heterocycles. The van der Waals surface area contributed by atoms with Gasteiger partial charge in [-0.3, -0.25) is 10.1 Å². The van der Waals surface area contributed by atoms with E-state index >= 15 is 0 Å². The molecule has 31 heavy (non-hydrogen) atoms. The smallest absolute Gasteiger partial charge is 0.411 e. The van der Waals surface area contributed by atoms with Crippen LogP contribution in [-0.4, -0.2) is 48.0 Å². The van der Waals surface area contributed by atoms with Gasteiger partial charge in [0.25, 0.3) is 0 Å². The number of amides is 1. The summed E-state index contributed by atoms with van der Waals surface area (Å²) in [6, 6.07) is 12.9. The van der Waals surface area contributed by atoms with Crippen LogP contribution in [-0.2, 0) is 4.74 Å². The molecule has 0 aliphatic carbocycles. The minimum absolute atomic E-state index is 0.0821. The first-order chi connectivity index (χ1) is 15.1. The van der Waals surface area contributed by atoms with Crippen LogP contribution in [0.15, 0.2) is 57.7 Å². The fourth-order valence-electron chi connectivity index (χ4n) is 3.85. The molecule has 3 aromatic rings. The van der Waals surface area contributed by atoms with Crippen molar-refractivity contribution in [2.45, 2.75) is 19.3 Å². The normalized spacial score (nSPS) is 15.1. The van der Waals surface area contributed by atoms with Crippen molar-refractivity contribution in [1.29, 1.82) is 0 Å². The molecule has 1 saturated heterocycles. The van der Waals surface area contributed by atoms with Crippen molar-refractivity contribution in [3.8, 4) is 0 Å². The molecule has 162 valence electrons. The van der Waals surface area contributed by atoms with Gasteiger partial charge in [0.2, 0.25) is 0 Å². The zero-order chi connectivity index (χ0) is 21.6. The van der Waals surface area contributed by atoms with Crippen LogP contribution < -0.4 is 5.32 Å². The Bertz CT molecular complexity index is 1040. The second kappa shape index (κ2) is 10.1. The number of anilines is 1. The van der Waals surface area contributed by atoms with Crippen molar-refractivity contribution in [1.82, 2.24) is 9.88 Å². The molecule has 8 heteroatoms. The Hall–Kier alpha value is -2.71. The number of ketones is 1. The van der Waals surface area contributed by atoms with Crippen molar-refractivity contribution in [3.63, 3.8) is 0 Å². The maximum atomic E-state index is 12.7. The third-order valence-corrected chi connectivity index (χ3v) is 6.06. The number of para-hydroxylation sites is 1. The predicted molar refractivity (Wildman–Crippen MR) is 121 cm³/mol. The average molecular weight is 486 g/mol. The average Bonchev–Trinajstić information content (AvgIpc) is 3.27. The van der Waals surface area contributed by atoms with Gasteiger partial charge >= 0.3 is 6.09 Å². The van der Waals surface area contributed by atoms with Crippen LogP contribution in [0.2, 0.25) is 0 Å². The number of ether oxygens (including phenoxy) is 1. The lowest BCUT2D eigenvalue weighted by molar-refractivity contribution is 0.0830. The highest BCUT2D eigenvalue weighted by Crippen LogP contribution is 2.23. The van der Waals surface area contributed by atoms with Crippen LogP contribution in [0.4, 0.5) is 10.5 Å². The van der Waals surface area contributed by atoms with Crippen molar-refractivity contribution < 1.29 is 18.7 Å². The van der Waals surface area contributed by atoms with Gasteiger partial charge in [0.15, 0.2) is 17.8 Å². The lowest BCUT2D eigenvalue weighted by Gasteiger charge is -2.31. The SMILES string of the molecule is O=C(Nc1cccc2ocnc12)OCCCN1CCC(C(=O)c2ccc(Br)cc2)CC1. The summed E-state index contributed by atoms with van der Waals surface area (Å²) in [7, 11) is 0. The molecule has 0 radical (unpaired) electrons. The van der Waals surface area contributed by atoms with E-state index in [2.05, 4.69) is 31.1 Å². The Labute approximate surface area is 188 Å². The summed E-state index contributed by atoms with van der Waals surface area (Å²) >= 11 is 3.40. The Morgan fingerprint density at radius 2 is 1.94 bits per heavy atom. The Morgan fingerprint density at radius 1 is 1.16 bits per heavy atom. The zero-order valence-corrected chi connectivity index (χ0v) is 18.6. The number of piperidine rings is 1. The summed E-state index contributed by atoms with van der Waals surface area (Å²) in [5, 5.41) is 2.71. The number of Topliss-reactive ketones (excluding diaryl/α,β-unsaturated/α-hetero) is 1. The highest BCUT2D eigenvalue weighted by atomic mass is 79.9. The molecule has 0 atom stereocenters. The molecule has 0 unspecified atom stereocenters. The molecule has 0 spiro atoms. The molecule has 1 N–H and O–H groups in total. The minimum Gasteiger partial charge on any atom is -0.449 e. The van der Waals surface area contributed by atoms with E-state index in [4.69, 9.17) is 9.15 Å². The van der Waals surface area contributed by atoms with Gasteiger partial charge in [-0.05, 0) is 56.6 Å². The number of hydrogen-bond acceptors (Lipinski definition) is 6. The number of nitrogens with one attached hydrogen (secondary N) is 1. The van der Waals surface area contributed by atoms with E-state index in [1.165, 1.54) is 6.39 Å². The number of nitrogens with zero attached hydrogens (tertiary/aromatic N) is 2. The van der Waals surface area contributed by atoms with E-state index in [0.29, 0.717) is 23.4 Å². The van der Waals surface area contributed by atoms with E-state index < -0.39 is 6.09 Å². The first-order valence-electron chi connectivity index (χ1n) is 10.4. The van der Waals surface area contributed by atoms with E-state index in [1.807, 2.05) is 24.3 Å². The quantitative estimate of drug-likeness (QED) is 0.369. The number of hydrogen-bond donors (Lipinski definition) is 1. The second-order valence-electron chi connectivity index (χ2n) is 7.61. The van der Waals surface area contributed by atoms with Gasteiger partial charge in [-0.2, -0.15) is 0 Å². The van der Waals surface area contributed by atoms with Crippen LogP contribution in [0, 0.1) is 5.92 Å². The van der Waals surface area contributed by atoms with Crippen LogP contribution in [0.25, 0.3) is 11.1 Å². The molecule has 1 fully saturated rings. The first kappa shape index (κ1) is 21.5. The summed E-state index contributed by atoms with van der Waals surface area (Å²) in [5.41, 5.74) is 2.55. The number of benzene rings is 2. The molecule has 7 nitrogen and oxygen atoms in total. The predicted octanol–water partition coefficient (Wildman–Crippen LogP) is 5.12. The zero-order valence-electron chi connectivity index (χ0n) is 17.1. The Kier molecular flexibility index (Phi) is 6.99. The topological polar surface area (TPSA) is 84.7 Å². The summed E-state index contributed by atoms with van der Waals surface area (Å²) < 4.78 is 11.5. The van der Waals surface area contributed by atoms with Gasteiger partial charge in [-0.15, -0.1) is 0 Å². The summed E-state index contributed by atoms with van der Waals surface area (Å²) in [4.78, 5) is 31.1. The van der Waals surface area contributed by atoms with Gasteiger partial charge in [0.1, 0.15) is 5.52 Å². The third kappa shape index (κ3) is 5.51. The van der Waals surface area contributed by atoms with Crippen molar-refractivity contribution in [2.75, 3.05) is 31.6 Å². The highest BCUT2D eigenvalue weighted by molar-refractivity contribution is 9.10. The second-order valence-corrected chi connectivity index (χ2v) is 8.52. The van der Waals surface area contributed by atoms with E-state index in [-0.39, 0.29) is 11.7 Å². The standard InChI is InChI=1S/C23H24BrN3O4/c24-18-7-5-16(6-8-18)22(28)17-9-12-27(13-10-17)11-2-14-30-23(29)26-19-3-1-4-20-21(19)25-15-31-20/h1,3-8,15,17H,2,9-14H2,(H,26,29). The maximum absolute atomic E-state index is 12.7. The number of likely N-dealkylation sites (tertiary alicyclic amines) is 1. The molecule has 0 saturated carbocycles. The Balaban J connectivity index is 1.15. The number of carbonyl (C=O) groups excluding carboxylic acids is 2. The van der Waals surface area contributed by atoms with Gasteiger partial charge in [-0.1, -0.05) is 34.1 Å². The monoisotopic (exact) mass is 485 g/mol. The molecule has 2 aromatic carbocycles. The van der Waals surface area contributed by atoms with E-state index in [1.54, 1.807) is 18.2 Å². The fraction of sp³-hybridized carbons (Fsp3) is 0.348. The lowest BCUT2D eigenvalue weighted by atomic mass is 9.89. The maximum Gasteiger partial charge on any atom is 0.411 e. The van der Waals surface area contributed by atoms with Gasteiger partial charge < -0.3 is 14.1 Å². The van der Waals surface area contributed by atoms with E-state index in [0.717, 1.165) is 48.9 Å². The Morgan fingerprint density at radius 3 is 2.71 bits per heavy atom. The number of carbonyl (C=O) groups is 2. The largest absolute Gasteiger partial charge is 0.449 e. The van der Waals surface area contributed by atoms with E-state index in [9.17, 15) is 9.59 Å². The number of aromatic nitrogens is 1. The van der Waals surface area contributed by atoms with Gasteiger partial charge in [0, 0.05) is 22.5 Å². The molecular formula is C23H24BrN3O4. The number of rotatable bonds is 7. The third-order valence-electron chi connectivity index (χ3n) is 5.54. The summed E-state index contributed by atoms with van der Waals surface area (Å²) in [6.07, 6.45) is 3.30. The molecule has 1 aromatic heterocycles. The summed E-state index contributed by atoms with van der Waals surface area (Å²) in [6.45, 7) is 2.93. The summed E-state index contributed by atoms with van der Waals surface area (Å²) in [5.74, 6) is 0.313. The van der Waals surface area contributed by atoms with Crippen molar-refractivity contribution in [2.24, 2.45) is 5.92 Å². The number of halogens is 1. The number of oxazole rings is 1. The molecular weight excluding hydrogens is 462 g/mol. The number of fused-ring (bicyclic) bond motifs is 1. The first-order valence-corrected chi connectivity index (χ1v) is 11.2.